The number of nitrogens with two attached hydrogens (primary N) is 2. The highest BCUT2D eigenvalue weighted by atomic mass is 32.2. The van der Waals surface area contributed by atoms with Gasteiger partial charge >= 0.3 is 0 Å². The van der Waals surface area contributed by atoms with Crippen LogP contribution in [0.1, 0.15) is 22.3 Å². The van der Waals surface area contributed by atoms with Crippen molar-refractivity contribution in [1.82, 2.24) is 0 Å². The molecule has 4 N–H and O–H groups in total. The Hall–Kier alpha value is -3.10. The summed E-state index contributed by atoms with van der Waals surface area (Å²) in [7, 11) is -4.33. The fraction of sp³-hybridized carbons (Fsp3) is 0.190. The van der Waals surface area contributed by atoms with Crippen molar-refractivity contribution in [2.24, 2.45) is 0 Å². The summed E-state index contributed by atoms with van der Waals surface area (Å²) in [6, 6.07) is 16.8. The molecule has 29 heavy (non-hydrogen) atoms. The van der Waals surface area contributed by atoms with E-state index in [1.807, 2.05) is 37.3 Å². The standard InChI is InChI=1S/C12H13N3O.C9H12O3S/c13-12-8-11(6-7-15(12)14)16-9-10-4-2-1-3-5-10;1-6-4-7(2)9(8(3)5-6)13(10,11)12/h1-8,13H,9,14H2;4-5H,1-3H3,(H,10,11,12). The predicted molar refractivity (Wildman–Crippen MR) is 111 cm³/mol. The number of nitrogen functional groups attached to an aromatic ring is 2. The first-order chi connectivity index (χ1) is 13.6. The number of hydrogen-bond acceptors (Lipinski definition) is 6. The number of aryl methyl sites for hydroxylation is 3. The zero-order valence-corrected chi connectivity index (χ0v) is 17.4. The molecule has 3 rings (SSSR count). The Morgan fingerprint density at radius 3 is 2.10 bits per heavy atom. The fourth-order valence-corrected chi connectivity index (χ4v) is 3.81. The van der Waals surface area contributed by atoms with Crippen LogP contribution in [0.2, 0.25) is 0 Å². The summed E-state index contributed by atoms with van der Waals surface area (Å²) in [6.45, 7) is 5.64. The van der Waals surface area contributed by atoms with Crippen LogP contribution in [0.4, 0.5) is 5.82 Å². The summed E-state index contributed by atoms with van der Waals surface area (Å²) in [4.78, 5) is -0.0851. The molecule has 2 aromatic carbocycles. The molecular weight excluding hydrogens is 390 g/mol. The third kappa shape index (κ3) is 6.48. The van der Waals surface area contributed by atoms with Crippen LogP contribution in [0.5, 0.6) is 5.75 Å². The van der Waals surface area contributed by atoms with Crippen molar-refractivity contribution >= 4 is 15.9 Å². The first-order valence-electron chi connectivity index (χ1n) is 8.84. The van der Waals surface area contributed by atoms with Crippen molar-refractivity contribution in [2.45, 2.75) is 32.3 Å². The molecule has 0 aliphatic heterocycles. The molecular formula is C21H25N3O4S. The zero-order valence-electron chi connectivity index (χ0n) is 16.6. The van der Waals surface area contributed by atoms with Gasteiger partial charge in [-0.1, -0.05) is 48.0 Å². The van der Waals surface area contributed by atoms with E-state index in [2.05, 4.69) is 0 Å². The average Bonchev–Trinajstić information content (AvgIpc) is 2.62. The minimum Gasteiger partial charge on any atom is -0.744 e. The third-order valence-corrected chi connectivity index (χ3v) is 5.23. The molecule has 1 aromatic heterocycles. The lowest BCUT2D eigenvalue weighted by Gasteiger charge is -2.14. The van der Waals surface area contributed by atoms with Crippen LogP contribution >= 0.6 is 0 Å². The van der Waals surface area contributed by atoms with Crippen molar-refractivity contribution in [1.29, 1.82) is 0 Å². The van der Waals surface area contributed by atoms with Gasteiger partial charge in [0, 0.05) is 6.07 Å². The van der Waals surface area contributed by atoms with Gasteiger partial charge in [0.2, 0.25) is 0 Å². The molecule has 0 radical (unpaired) electrons. The second-order valence-corrected chi connectivity index (χ2v) is 7.97. The normalized spacial score (nSPS) is 10.8. The maximum Gasteiger partial charge on any atom is 0.299 e. The maximum atomic E-state index is 10.8. The summed E-state index contributed by atoms with van der Waals surface area (Å²) in [5.74, 6) is 6.71. The van der Waals surface area contributed by atoms with E-state index in [-0.39, 0.29) is 4.90 Å². The van der Waals surface area contributed by atoms with Crippen molar-refractivity contribution in [3.63, 3.8) is 0 Å². The SMILES string of the molecule is Cc1cc(C)c(S(=O)(=O)[O-])c(C)c1.Nc1cc(OCc2ccccc2)cc[n+]1N. The van der Waals surface area contributed by atoms with E-state index in [1.165, 1.54) is 4.68 Å². The number of aromatic nitrogens is 1. The monoisotopic (exact) mass is 415 g/mol. The predicted octanol–water partition coefficient (Wildman–Crippen LogP) is 2.37. The van der Waals surface area contributed by atoms with Gasteiger partial charge in [-0.3, -0.25) is 11.6 Å². The number of ether oxygens (including phenoxy) is 1. The highest BCUT2D eigenvalue weighted by Gasteiger charge is 2.09. The largest absolute Gasteiger partial charge is 0.744 e. The first kappa shape index (κ1) is 22.2. The van der Waals surface area contributed by atoms with Gasteiger partial charge in [-0.05, 0) is 37.5 Å². The lowest BCUT2D eigenvalue weighted by Crippen LogP contribution is -2.46. The second kappa shape index (κ2) is 9.40. The van der Waals surface area contributed by atoms with Crippen LogP contribution < -0.4 is 21.0 Å². The van der Waals surface area contributed by atoms with Gasteiger partial charge in [-0.25, -0.2) is 8.42 Å². The van der Waals surface area contributed by atoms with Gasteiger partial charge in [-0.15, -0.1) is 4.68 Å². The molecule has 0 amide bonds. The topological polar surface area (TPSA) is 122 Å². The van der Waals surface area contributed by atoms with Crippen LogP contribution in [-0.4, -0.2) is 13.0 Å². The molecule has 0 bridgehead atoms. The minimum atomic E-state index is -4.33. The molecule has 0 saturated carbocycles. The fourth-order valence-electron chi connectivity index (χ4n) is 2.90. The molecule has 7 nitrogen and oxygen atoms in total. The van der Waals surface area contributed by atoms with E-state index in [9.17, 15) is 13.0 Å². The van der Waals surface area contributed by atoms with Gasteiger partial charge < -0.3 is 9.29 Å². The van der Waals surface area contributed by atoms with Crippen LogP contribution in [0.25, 0.3) is 0 Å². The Morgan fingerprint density at radius 1 is 1.00 bits per heavy atom. The number of anilines is 1. The highest BCUT2D eigenvalue weighted by molar-refractivity contribution is 7.85. The van der Waals surface area contributed by atoms with E-state index in [0.29, 0.717) is 29.3 Å². The summed E-state index contributed by atoms with van der Waals surface area (Å²) in [6.07, 6.45) is 1.66. The van der Waals surface area contributed by atoms with Crippen LogP contribution in [0.15, 0.2) is 65.7 Å². The molecule has 0 fully saturated rings. The van der Waals surface area contributed by atoms with Crippen molar-refractivity contribution in [2.75, 3.05) is 11.6 Å². The molecule has 154 valence electrons. The lowest BCUT2D eigenvalue weighted by molar-refractivity contribution is -0.623. The minimum absolute atomic E-state index is 0.0851. The van der Waals surface area contributed by atoms with Crippen molar-refractivity contribution < 1.29 is 22.4 Å². The Balaban J connectivity index is 0.000000212. The van der Waals surface area contributed by atoms with E-state index >= 15 is 0 Å². The quantitative estimate of drug-likeness (QED) is 0.383. The Kier molecular flexibility index (Phi) is 7.19. The Bertz CT molecular complexity index is 1060. The molecule has 0 aliphatic rings. The van der Waals surface area contributed by atoms with Gasteiger partial charge in [0.1, 0.15) is 28.7 Å². The van der Waals surface area contributed by atoms with Gasteiger partial charge in [0.15, 0.2) is 0 Å². The molecule has 0 aliphatic carbocycles. The summed E-state index contributed by atoms with van der Waals surface area (Å²) in [5, 5.41) is 0. The molecule has 3 aromatic rings. The van der Waals surface area contributed by atoms with Crippen LogP contribution in [0, 0.1) is 20.8 Å². The van der Waals surface area contributed by atoms with Crippen molar-refractivity contribution in [3.8, 4) is 5.75 Å². The maximum absolute atomic E-state index is 10.8. The number of hydrogen-bond donors (Lipinski definition) is 2. The van der Waals surface area contributed by atoms with Crippen molar-refractivity contribution in [3.05, 3.63) is 83.0 Å². The molecule has 0 spiro atoms. The zero-order chi connectivity index (χ0) is 21.6. The van der Waals surface area contributed by atoms with E-state index in [0.717, 1.165) is 11.1 Å². The molecule has 1 heterocycles. The number of nitrogens with zero attached hydrogens (tertiary/aromatic N) is 1. The second-order valence-electron chi connectivity index (χ2n) is 6.65. The molecule has 8 heteroatoms. The first-order valence-corrected chi connectivity index (χ1v) is 10.3. The number of pyridine rings is 1. The smallest absolute Gasteiger partial charge is 0.299 e. The van der Waals surface area contributed by atoms with E-state index in [4.69, 9.17) is 16.3 Å². The lowest BCUT2D eigenvalue weighted by atomic mass is 10.1. The Labute approximate surface area is 171 Å². The molecule has 0 saturated heterocycles. The molecule has 0 unspecified atom stereocenters. The summed E-state index contributed by atoms with van der Waals surface area (Å²) in [5.41, 5.74) is 8.77. The van der Waals surface area contributed by atoms with Gasteiger partial charge in [0.25, 0.3) is 5.82 Å². The van der Waals surface area contributed by atoms with Crippen LogP contribution in [-0.2, 0) is 16.7 Å². The van der Waals surface area contributed by atoms with E-state index < -0.39 is 10.1 Å². The molecule has 0 atom stereocenters. The number of benzene rings is 2. The summed E-state index contributed by atoms with van der Waals surface area (Å²) < 4.78 is 39.4. The van der Waals surface area contributed by atoms with Crippen LogP contribution in [0.3, 0.4) is 0 Å². The Morgan fingerprint density at radius 2 is 1.59 bits per heavy atom. The van der Waals surface area contributed by atoms with Gasteiger partial charge in [0.05, 0.1) is 11.0 Å². The highest BCUT2D eigenvalue weighted by Crippen LogP contribution is 2.20. The summed E-state index contributed by atoms with van der Waals surface area (Å²) >= 11 is 0. The number of rotatable bonds is 4. The average molecular weight is 416 g/mol. The van der Waals surface area contributed by atoms with Gasteiger partial charge in [-0.2, -0.15) is 0 Å². The third-order valence-electron chi connectivity index (χ3n) is 4.09. The van der Waals surface area contributed by atoms with E-state index in [1.54, 1.807) is 44.3 Å².